The summed E-state index contributed by atoms with van der Waals surface area (Å²) in [6.07, 6.45) is 9.57. The molecule has 0 unspecified atom stereocenters. The third-order valence-corrected chi connectivity index (χ3v) is 4.60. The maximum absolute atomic E-state index is 11.3. The van der Waals surface area contributed by atoms with Gasteiger partial charge >= 0.3 is 0 Å². The van der Waals surface area contributed by atoms with Gasteiger partial charge in [-0.2, -0.15) is 0 Å². The molecule has 2 rings (SSSR count). The molecule has 1 aliphatic rings. The van der Waals surface area contributed by atoms with Crippen LogP contribution in [0.1, 0.15) is 80.6 Å². The van der Waals surface area contributed by atoms with E-state index in [2.05, 4.69) is 19.1 Å². The Morgan fingerprint density at radius 3 is 2.26 bits per heavy atom. The van der Waals surface area contributed by atoms with Gasteiger partial charge in [-0.3, -0.25) is 4.79 Å². The molecule has 1 aromatic rings. The molecule has 1 nitrogen and oxygen atoms in total. The monoisotopic (exact) mass is 258 g/mol. The zero-order valence-corrected chi connectivity index (χ0v) is 12.3. The van der Waals surface area contributed by atoms with E-state index >= 15 is 0 Å². The smallest absolute Gasteiger partial charge is 0.159 e. The lowest BCUT2D eigenvalue weighted by Gasteiger charge is -2.28. The minimum Gasteiger partial charge on any atom is -0.295 e. The van der Waals surface area contributed by atoms with Crippen molar-refractivity contribution in [3.8, 4) is 0 Å². The van der Waals surface area contributed by atoms with Crippen molar-refractivity contribution in [3.63, 3.8) is 0 Å². The number of unbranched alkanes of at least 4 members (excludes halogenated alkanes) is 1. The first-order valence-corrected chi connectivity index (χ1v) is 7.81. The summed E-state index contributed by atoms with van der Waals surface area (Å²) < 4.78 is 0. The van der Waals surface area contributed by atoms with Gasteiger partial charge in [0, 0.05) is 5.56 Å². The first-order valence-electron chi connectivity index (χ1n) is 7.81. The summed E-state index contributed by atoms with van der Waals surface area (Å²) in [7, 11) is 0. The van der Waals surface area contributed by atoms with Crippen LogP contribution in [0.15, 0.2) is 24.3 Å². The Bertz CT molecular complexity index is 396. The van der Waals surface area contributed by atoms with Crippen molar-refractivity contribution in [1.29, 1.82) is 0 Å². The molecule has 0 saturated heterocycles. The molecule has 0 spiro atoms. The predicted molar refractivity (Wildman–Crippen MR) is 80.7 cm³/mol. The van der Waals surface area contributed by atoms with Gasteiger partial charge < -0.3 is 0 Å². The Kier molecular flexibility index (Phi) is 5.18. The lowest BCUT2D eigenvalue weighted by atomic mass is 9.77. The highest BCUT2D eigenvalue weighted by molar-refractivity contribution is 5.94. The average molecular weight is 258 g/mol. The molecule has 0 amide bonds. The lowest BCUT2D eigenvalue weighted by molar-refractivity contribution is 0.101. The highest BCUT2D eigenvalue weighted by atomic mass is 16.1. The van der Waals surface area contributed by atoms with Crippen molar-refractivity contribution in [1.82, 2.24) is 0 Å². The van der Waals surface area contributed by atoms with Gasteiger partial charge in [-0.05, 0) is 50.0 Å². The van der Waals surface area contributed by atoms with Crippen molar-refractivity contribution in [2.24, 2.45) is 5.92 Å². The van der Waals surface area contributed by atoms with Gasteiger partial charge in [0.2, 0.25) is 0 Å². The average Bonchev–Trinajstić information content (AvgIpc) is 2.46. The van der Waals surface area contributed by atoms with Gasteiger partial charge in [0.25, 0.3) is 0 Å². The summed E-state index contributed by atoms with van der Waals surface area (Å²) in [5, 5.41) is 0. The fraction of sp³-hybridized carbons (Fsp3) is 0.611. The minimum atomic E-state index is 0.162. The van der Waals surface area contributed by atoms with E-state index in [1.807, 2.05) is 12.1 Å². The maximum atomic E-state index is 11.3. The first-order chi connectivity index (χ1) is 9.20. The maximum Gasteiger partial charge on any atom is 0.159 e. The van der Waals surface area contributed by atoms with E-state index in [0.717, 1.165) is 17.4 Å². The van der Waals surface area contributed by atoms with E-state index in [4.69, 9.17) is 0 Å². The normalized spacial score (nSPS) is 23.3. The second kappa shape index (κ2) is 6.88. The number of hydrogen-bond donors (Lipinski definition) is 0. The molecule has 0 heterocycles. The van der Waals surface area contributed by atoms with Crippen molar-refractivity contribution < 1.29 is 4.79 Å². The van der Waals surface area contributed by atoms with Crippen LogP contribution in [0.25, 0.3) is 0 Å². The molecule has 0 bridgehead atoms. The third kappa shape index (κ3) is 3.92. The fourth-order valence-electron chi connectivity index (χ4n) is 3.27. The van der Waals surface area contributed by atoms with Crippen molar-refractivity contribution in [3.05, 3.63) is 35.4 Å². The van der Waals surface area contributed by atoms with Crippen LogP contribution in [0, 0.1) is 5.92 Å². The zero-order valence-electron chi connectivity index (χ0n) is 12.3. The van der Waals surface area contributed by atoms with Crippen LogP contribution in [0.3, 0.4) is 0 Å². The highest BCUT2D eigenvalue weighted by Crippen LogP contribution is 2.37. The molecule has 1 aromatic carbocycles. The molecule has 19 heavy (non-hydrogen) atoms. The van der Waals surface area contributed by atoms with Crippen LogP contribution in [0.4, 0.5) is 0 Å². The van der Waals surface area contributed by atoms with E-state index in [1.165, 1.54) is 50.5 Å². The molecular weight excluding hydrogens is 232 g/mol. The molecule has 104 valence electrons. The minimum absolute atomic E-state index is 0.162. The Balaban J connectivity index is 1.88. The first kappa shape index (κ1) is 14.3. The molecule has 1 aliphatic carbocycles. The van der Waals surface area contributed by atoms with Gasteiger partial charge in [-0.15, -0.1) is 0 Å². The number of carbonyl (C=O) groups excluding carboxylic acids is 1. The number of rotatable bonds is 5. The number of hydrogen-bond acceptors (Lipinski definition) is 1. The molecule has 0 atom stereocenters. The Morgan fingerprint density at radius 1 is 1.11 bits per heavy atom. The second-order valence-electron chi connectivity index (χ2n) is 6.04. The summed E-state index contributed by atoms with van der Waals surface area (Å²) in [6.45, 7) is 3.91. The van der Waals surface area contributed by atoms with Gasteiger partial charge in [0.15, 0.2) is 5.78 Å². The highest BCUT2D eigenvalue weighted by Gasteiger charge is 2.21. The van der Waals surface area contributed by atoms with Gasteiger partial charge in [0.1, 0.15) is 0 Å². The molecule has 0 aromatic heterocycles. The SMILES string of the molecule is CCCC[C@H]1CC[C@H](c2ccc(C(C)=O)cc2)CC1. The third-order valence-electron chi connectivity index (χ3n) is 4.60. The zero-order chi connectivity index (χ0) is 13.7. The molecule has 0 aliphatic heterocycles. The Morgan fingerprint density at radius 2 is 1.74 bits per heavy atom. The summed E-state index contributed by atoms with van der Waals surface area (Å²) in [4.78, 5) is 11.3. The fourth-order valence-corrected chi connectivity index (χ4v) is 3.27. The summed E-state index contributed by atoms with van der Waals surface area (Å²) in [6, 6.07) is 8.29. The van der Waals surface area contributed by atoms with E-state index in [1.54, 1.807) is 6.92 Å². The van der Waals surface area contributed by atoms with Crippen molar-refractivity contribution in [2.45, 2.75) is 64.7 Å². The van der Waals surface area contributed by atoms with Crippen LogP contribution in [-0.2, 0) is 0 Å². The number of benzene rings is 1. The predicted octanol–water partition coefficient (Wildman–Crippen LogP) is 5.35. The summed E-state index contributed by atoms with van der Waals surface area (Å²) in [5.74, 6) is 1.85. The van der Waals surface area contributed by atoms with Gasteiger partial charge in [-0.1, -0.05) is 50.5 Å². The number of Topliss-reactive ketones (excluding diaryl/α,β-unsaturated/α-hetero) is 1. The number of carbonyl (C=O) groups is 1. The summed E-state index contributed by atoms with van der Waals surface area (Å²) in [5.41, 5.74) is 2.26. The molecule has 0 N–H and O–H groups in total. The van der Waals surface area contributed by atoms with Crippen molar-refractivity contribution >= 4 is 5.78 Å². The number of ketones is 1. The summed E-state index contributed by atoms with van der Waals surface area (Å²) >= 11 is 0. The van der Waals surface area contributed by atoms with Crippen LogP contribution >= 0.6 is 0 Å². The van der Waals surface area contributed by atoms with E-state index < -0.39 is 0 Å². The van der Waals surface area contributed by atoms with Crippen LogP contribution in [0.2, 0.25) is 0 Å². The van der Waals surface area contributed by atoms with E-state index in [9.17, 15) is 4.79 Å². The van der Waals surface area contributed by atoms with Crippen LogP contribution in [-0.4, -0.2) is 5.78 Å². The molecular formula is C18H26O. The molecule has 1 saturated carbocycles. The molecule has 1 fully saturated rings. The van der Waals surface area contributed by atoms with E-state index in [-0.39, 0.29) is 5.78 Å². The largest absolute Gasteiger partial charge is 0.295 e. The standard InChI is InChI=1S/C18H26O/c1-3-4-5-15-6-8-17(9-7-15)18-12-10-16(11-13-18)14(2)19/h10-13,15,17H,3-9H2,1-2H3/t15-,17-. The second-order valence-corrected chi connectivity index (χ2v) is 6.04. The molecule has 1 heteroatoms. The lowest BCUT2D eigenvalue weighted by Crippen LogP contribution is -2.13. The van der Waals surface area contributed by atoms with Crippen LogP contribution < -0.4 is 0 Å². The van der Waals surface area contributed by atoms with Gasteiger partial charge in [0.05, 0.1) is 0 Å². The van der Waals surface area contributed by atoms with Gasteiger partial charge in [-0.25, -0.2) is 0 Å². The molecule has 0 radical (unpaired) electrons. The van der Waals surface area contributed by atoms with E-state index in [0.29, 0.717) is 0 Å². The topological polar surface area (TPSA) is 17.1 Å². The van der Waals surface area contributed by atoms with Crippen LogP contribution in [0.5, 0.6) is 0 Å². The Labute approximate surface area is 117 Å². The Hall–Kier alpha value is -1.11. The quantitative estimate of drug-likeness (QED) is 0.650. The van der Waals surface area contributed by atoms with Crippen molar-refractivity contribution in [2.75, 3.05) is 0 Å².